The maximum absolute atomic E-state index is 5.45. The molecule has 1 heterocycles. The van der Waals surface area contributed by atoms with E-state index >= 15 is 0 Å². The van der Waals surface area contributed by atoms with Crippen molar-refractivity contribution in [2.75, 3.05) is 7.11 Å². The average Bonchev–Trinajstić information content (AvgIpc) is 2.81. The van der Waals surface area contributed by atoms with Crippen LogP contribution in [0.2, 0.25) is 0 Å². The molecule has 19 heavy (non-hydrogen) atoms. The van der Waals surface area contributed by atoms with Crippen molar-refractivity contribution in [2.24, 2.45) is 7.05 Å². The zero-order chi connectivity index (χ0) is 13.8. The maximum Gasteiger partial charge on any atom is 0.132 e. The number of nitrogens with zero attached hydrogens (tertiary/aromatic N) is 2. The lowest BCUT2D eigenvalue weighted by molar-refractivity contribution is 0.407. The second-order valence-corrected chi connectivity index (χ2v) is 4.89. The van der Waals surface area contributed by atoms with E-state index in [4.69, 9.17) is 4.74 Å². The molecule has 0 unspecified atom stereocenters. The van der Waals surface area contributed by atoms with Gasteiger partial charge in [-0.05, 0) is 29.2 Å². The van der Waals surface area contributed by atoms with E-state index < -0.39 is 0 Å². The molecular formula is C16H20N2O. The molecule has 0 spiro atoms. The van der Waals surface area contributed by atoms with Gasteiger partial charge in [-0.25, -0.2) is 4.98 Å². The predicted molar refractivity (Wildman–Crippen MR) is 79.2 cm³/mol. The highest BCUT2D eigenvalue weighted by atomic mass is 16.5. The number of aryl methyl sites for hydroxylation is 1. The van der Waals surface area contributed by atoms with E-state index in [0.29, 0.717) is 5.92 Å². The second kappa shape index (κ2) is 5.74. The first-order valence-corrected chi connectivity index (χ1v) is 6.45. The minimum atomic E-state index is 0.461. The summed E-state index contributed by atoms with van der Waals surface area (Å²) in [6.07, 6.45) is 7.78. The number of benzene rings is 1. The third-order valence-electron chi connectivity index (χ3n) is 3.16. The van der Waals surface area contributed by atoms with E-state index in [1.165, 1.54) is 5.56 Å². The third kappa shape index (κ3) is 3.05. The number of hydrogen-bond donors (Lipinski definition) is 0. The lowest BCUT2D eigenvalue weighted by Crippen LogP contribution is -1.94. The number of aromatic nitrogens is 2. The molecule has 3 heteroatoms. The predicted octanol–water partition coefficient (Wildman–Crippen LogP) is 3.72. The van der Waals surface area contributed by atoms with Gasteiger partial charge in [0.1, 0.15) is 11.6 Å². The van der Waals surface area contributed by atoms with Gasteiger partial charge in [0.25, 0.3) is 0 Å². The van der Waals surface area contributed by atoms with Gasteiger partial charge in [0.05, 0.1) is 7.11 Å². The summed E-state index contributed by atoms with van der Waals surface area (Å²) in [7, 11) is 3.70. The molecule has 3 nitrogen and oxygen atoms in total. The number of imidazole rings is 1. The van der Waals surface area contributed by atoms with Gasteiger partial charge in [-0.1, -0.05) is 32.1 Å². The first kappa shape index (κ1) is 13.4. The Morgan fingerprint density at radius 3 is 2.63 bits per heavy atom. The van der Waals surface area contributed by atoms with Crippen LogP contribution in [0.5, 0.6) is 5.75 Å². The zero-order valence-electron chi connectivity index (χ0n) is 11.9. The quantitative estimate of drug-likeness (QED) is 0.833. The summed E-state index contributed by atoms with van der Waals surface area (Å²) in [4.78, 5) is 4.26. The van der Waals surface area contributed by atoms with Gasteiger partial charge in [-0.15, -0.1) is 0 Å². The molecule has 1 aromatic heterocycles. The maximum atomic E-state index is 5.45. The van der Waals surface area contributed by atoms with E-state index in [0.717, 1.165) is 17.1 Å². The smallest absolute Gasteiger partial charge is 0.132 e. The van der Waals surface area contributed by atoms with Crippen molar-refractivity contribution in [2.45, 2.75) is 19.8 Å². The molecule has 1 aromatic carbocycles. The molecule has 0 atom stereocenters. The molecule has 100 valence electrons. The Bertz CT molecular complexity index is 582. The Morgan fingerprint density at radius 1 is 1.26 bits per heavy atom. The Kier molecular flexibility index (Phi) is 4.05. The fourth-order valence-corrected chi connectivity index (χ4v) is 2.02. The van der Waals surface area contributed by atoms with Crippen molar-refractivity contribution in [3.05, 3.63) is 47.5 Å². The van der Waals surface area contributed by atoms with Crippen LogP contribution in [-0.2, 0) is 7.05 Å². The van der Waals surface area contributed by atoms with Gasteiger partial charge in [0.15, 0.2) is 0 Å². The summed E-state index contributed by atoms with van der Waals surface area (Å²) in [5.74, 6) is 2.34. The summed E-state index contributed by atoms with van der Waals surface area (Å²) in [6.45, 7) is 4.34. The van der Waals surface area contributed by atoms with E-state index in [2.05, 4.69) is 43.1 Å². The largest absolute Gasteiger partial charge is 0.496 e. The van der Waals surface area contributed by atoms with Crippen molar-refractivity contribution in [3.8, 4) is 5.75 Å². The molecule has 2 aromatic rings. The molecule has 0 aliphatic heterocycles. The van der Waals surface area contributed by atoms with Gasteiger partial charge >= 0.3 is 0 Å². The van der Waals surface area contributed by atoms with Crippen LogP contribution in [-0.4, -0.2) is 16.7 Å². The van der Waals surface area contributed by atoms with E-state index in [1.807, 2.05) is 23.9 Å². The van der Waals surface area contributed by atoms with Crippen molar-refractivity contribution in [1.29, 1.82) is 0 Å². The highest BCUT2D eigenvalue weighted by molar-refractivity contribution is 5.68. The minimum absolute atomic E-state index is 0.461. The van der Waals surface area contributed by atoms with Crippen LogP contribution in [0.3, 0.4) is 0 Å². The van der Waals surface area contributed by atoms with Gasteiger partial charge < -0.3 is 9.30 Å². The zero-order valence-corrected chi connectivity index (χ0v) is 11.9. The fraction of sp³-hybridized carbons (Fsp3) is 0.312. The molecule has 0 N–H and O–H groups in total. The summed E-state index contributed by atoms with van der Waals surface area (Å²) in [5, 5.41) is 0. The van der Waals surface area contributed by atoms with Crippen LogP contribution < -0.4 is 4.74 Å². The monoisotopic (exact) mass is 256 g/mol. The van der Waals surface area contributed by atoms with E-state index in [9.17, 15) is 0 Å². The summed E-state index contributed by atoms with van der Waals surface area (Å²) in [6, 6.07) is 6.30. The van der Waals surface area contributed by atoms with Crippen molar-refractivity contribution in [1.82, 2.24) is 9.55 Å². The van der Waals surface area contributed by atoms with Gasteiger partial charge in [0.2, 0.25) is 0 Å². The Morgan fingerprint density at radius 2 is 2.05 bits per heavy atom. The standard InChI is InChI=1S/C16H20N2O/c1-12(2)14-7-5-13(11-15(14)19-4)6-8-16-17-9-10-18(16)3/h5-12H,1-4H3/b8-6+. The number of ether oxygens (including phenoxy) is 1. The molecule has 0 saturated carbocycles. The molecule has 0 fully saturated rings. The third-order valence-corrected chi connectivity index (χ3v) is 3.16. The minimum Gasteiger partial charge on any atom is -0.496 e. The molecule has 0 bridgehead atoms. The topological polar surface area (TPSA) is 27.1 Å². The van der Waals surface area contributed by atoms with Crippen LogP contribution in [0.25, 0.3) is 12.2 Å². The number of rotatable bonds is 4. The molecule has 0 aliphatic rings. The van der Waals surface area contributed by atoms with E-state index in [1.54, 1.807) is 13.3 Å². The van der Waals surface area contributed by atoms with Crippen LogP contribution in [0.1, 0.15) is 36.7 Å². The Hall–Kier alpha value is -2.03. The van der Waals surface area contributed by atoms with Crippen LogP contribution >= 0.6 is 0 Å². The Labute approximate surface area is 114 Å². The molecular weight excluding hydrogens is 236 g/mol. The summed E-state index contributed by atoms with van der Waals surface area (Å²) >= 11 is 0. The van der Waals surface area contributed by atoms with Crippen LogP contribution in [0.15, 0.2) is 30.6 Å². The summed E-state index contributed by atoms with van der Waals surface area (Å²) in [5.41, 5.74) is 2.35. The van der Waals surface area contributed by atoms with Crippen LogP contribution in [0.4, 0.5) is 0 Å². The number of methoxy groups -OCH3 is 1. The molecule has 0 radical (unpaired) electrons. The SMILES string of the molecule is COc1cc(/C=C/c2nccn2C)ccc1C(C)C. The van der Waals surface area contributed by atoms with Crippen LogP contribution in [0, 0.1) is 0 Å². The average molecular weight is 256 g/mol. The normalized spacial score (nSPS) is 11.4. The lowest BCUT2D eigenvalue weighted by atomic mass is 10.00. The van der Waals surface area contributed by atoms with Gasteiger partial charge in [-0.3, -0.25) is 0 Å². The number of hydrogen-bond acceptors (Lipinski definition) is 2. The van der Waals surface area contributed by atoms with Crippen molar-refractivity contribution < 1.29 is 4.74 Å². The molecule has 0 aliphatic carbocycles. The molecule has 0 saturated heterocycles. The first-order valence-electron chi connectivity index (χ1n) is 6.45. The molecule has 2 rings (SSSR count). The fourth-order valence-electron chi connectivity index (χ4n) is 2.02. The first-order chi connectivity index (χ1) is 9.11. The Balaban J connectivity index is 2.27. The van der Waals surface area contributed by atoms with Crippen molar-refractivity contribution >= 4 is 12.2 Å². The highest BCUT2D eigenvalue weighted by Crippen LogP contribution is 2.27. The van der Waals surface area contributed by atoms with Crippen molar-refractivity contribution in [3.63, 3.8) is 0 Å². The highest BCUT2D eigenvalue weighted by Gasteiger charge is 2.07. The van der Waals surface area contributed by atoms with Gasteiger partial charge in [-0.2, -0.15) is 0 Å². The van der Waals surface area contributed by atoms with Gasteiger partial charge in [0, 0.05) is 19.4 Å². The summed E-state index contributed by atoms with van der Waals surface area (Å²) < 4.78 is 7.44. The molecule has 0 amide bonds. The lowest BCUT2D eigenvalue weighted by Gasteiger charge is -2.12. The second-order valence-electron chi connectivity index (χ2n) is 4.89. The van der Waals surface area contributed by atoms with E-state index in [-0.39, 0.29) is 0 Å².